The molecule has 1 heterocycles. The van der Waals surface area contributed by atoms with E-state index in [0.29, 0.717) is 5.56 Å². The minimum atomic E-state index is -0.126. The lowest BCUT2D eigenvalue weighted by Crippen LogP contribution is -2.21. The fraction of sp³-hybridized carbons (Fsp3) is 0.222. The van der Waals surface area contributed by atoms with Crippen molar-refractivity contribution < 1.29 is 4.79 Å². The molecule has 13 heavy (non-hydrogen) atoms. The van der Waals surface area contributed by atoms with Gasteiger partial charge < -0.3 is 4.90 Å². The van der Waals surface area contributed by atoms with E-state index in [1.807, 2.05) is 6.07 Å². The molecule has 0 aliphatic heterocycles. The molecule has 0 N–H and O–H groups in total. The lowest BCUT2D eigenvalue weighted by molar-refractivity contribution is 0.0827. The van der Waals surface area contributed by atoms with Crippen LogP contribution in [0.3, 0.4) is 0 Å². The second-order valence-corrected chi connectivity index (χ2v) is 2.74. The Bertz CT molecular complexity index is 365. The zero-order valence-electron chi connectivity index (χ0n) is 7.48. The normalized spacial score (nSPS) is 9.00. The van der Waals surface area contributed by atoms with Crippen molar-refractivity contribution >= 4 is 5.91 Å². The zero-order chi connectivity index (χ0) is 9.84. The number of hydrogen-bond acceptors (Lipinski definition) is 3. The molecule has 0 unspecified atom stereocenters. The first-order valence-corrected chi connectivity index (χ1v) is 3.73. The Morgan fingerprint density at radius 1 is 1.62 bits per heavy atom. The fourth-order valence-corrected chi connectivity index (χ4v) is 0.883. The van der Waals surface area contributed by atoms with Crippen molar-refractivity contribution in [3.63, 3.8) is 0 Å². The van der Waals surface area contributed by atoms with E-state index in [1.165, 1.54) is 17.2 Å². The van der Waals surface area contributed by atoms with Crippen LogP contribution in [0.2, 0.25) is 0 Å². The molecule has 1 rings (SSSR count). The summed E-state index contributed by atoms with van der Waals surface area (Å²) in [5.74, 6) is -0.126. The molecular weight excluding hydrogens is 166 g/mol. The van der Waals surface area contributed by atoms with Crippen LogP contribution in [-0.4, -0.2) is 29.9 Å². The van der Waals surface area contributed by atoms with E-state index in [-0.39, 0.29) is 11.6 Å². The first-order chi connectivity index (χ1) is 6.15. The molecule has 66 valence electrons. The number of carbonyl (C=O) groups is 1. The number of aromatic nitrogens is 1. The van der Waals surface area contributed by atoms with Crippen LogP contribution in [0.5, 0.6) is 0 Å². The summed E-state index contributed by atoms with van der Waals surface area (Å²) < 4.78 is 0. The van der Waals surface area contributed by atoms with Gasteiger partial charge in [0.2, 0.25) is 0 Å². The van der Waals surface area contributed by atoms with Crippen molar-refractivity contribution in [1.29, 1.82) is 5.26 Å². The van der Waals surface area contributed by atoms with E-state index in [2.05, 4.69) is 4.98 Å². The van der Waals surface area contributed by atoms with Crippen LogP contribution in [0.25, 0.3) is 0 Å². The molecule has 0 radical (unpaired) electrons. The molecule has 0 bridgehead atoms. The number of hydrogen-bond donors (Lipinski definition) is 0. The van der Waals surface area contributed by atoms with Gasteiger partial charge in [-0.25, -0.2) is 4.98 Å². The van der Waals surface area contributed by atoms with Gasteiger partial charge in [-0.15, -0.1) is 0 Å². The third-order valence-electron chi connectivity index (χ3n) is 1.53. The van der Waals surface area contributed by atoms with Crippen LogP contribution in [0.4, 0.5) is 0 Å². The number of rotatable bonds is 1. The quantitative estimate of drug-likeness (QED) is 0.629. The molecule has 0 atom stereocenters. The average Bonchev–Trinajstić information content (AvgIpc) is 2.16. The highest BCUT2D eigenvalue weighted by Crippen LogP contribution is 2.02. The Morgan fingerprint density at radius 3 is 2.85 bits per heavy atom. The van der Waals surface area contributed by atoms with Gasteiger partial charge in [-0.05, 0) is 12.1 Å². The maximum atomic E-state index is 11.4. The van der Waals surface area contributed by atoms with E-state index in [4.69, 9.17) is 5.26 Å². The molecular formula is C9H9N3O. The summed E-state index contributed by atoms with van der Waals surface area (Å²) in [5.41, 5.74) is 0.740. The Hall–Kier alpha value is -1.89. The van der Waals surface area contributed by atoms with Crippen molar-refractivity contribution in [3.8, 4) is 6.07 Å². The van der Waals surface area contributed by atoms with E-state index in [0.717, 1.165) is 0 Å². The minimum Gasteiger partial charge on any atom is -0.345 e. The molecule has 1 aromatic rings. The van der Waals surface area contributed by atoms with Crippen LogP contribution in [0.15, 0.2) is 18.3 Å². The lowest BCUT2D eigenvalue weighted by Gasteiger charge is -2.09. The summed E-state index contributed by atoms with van der Waals surface area (Å²) in [5, 5.41) is 8.55. The summed E-state index contributed by atoms with van der Waals surface area (Å²) in [6, 6.07) is 4.94. The second-order valence-electron chi connectivity index (χ2n) is 2.74. The molecule has 1 aromatic heterocycles. The van der Waals surface area contributed by atoms with Crippen LogP contribution in [-0.2, 0) is 0 Å². The van der Waals surface area contributed by atoms with Gasteiger partial charge in [0.05, 0.1) is 0 Å². The van der Waals surface area contributed by atoms with Crippen LogP contribution < -0.4 is 0 Å². The van der Waals surface area contributed by atoms with Crippen molar-refractivity contribution in [3.05, 3.63) is 29.6 Å². The van der Waals surface area contributed by atoms with E-state index >= 15 is 0 Å². The maximum absolute atomic E-state index is 11.4. The molecule has 0 fully saturated rings. The highest BCUT2D eigenvalue weighted by Gasteiger charge is 2.07. The Balaban J connectivity index is 3.04. The van der Waals surface area contributed by atoms with Crippen LogP contribution in [0.1, 0.15) is 16.1 Å². The molecule has 0 aliphatic rings. The summed E-state index contributed by atoms with van der Waals surface area (Å²) in [4.78, 5) is 16.6. The molecule has 4 nitrogen and oxygen atoms in total. The van der Waals surface area contributed by atoms with Gasteiger partial charge in [-0.3, -0.25) is 4.79 Å². The van der Waals surface area contributed by atoms with Crippen molar-refractivity contribution in [2.24, 2.45) is 0 Å². The monoisotopic (exact) mass is 175 g/mol. The van der Waals surface area contributed by atoms with Crippen LogP contribution >= 0.6 is 0 Å². The Morgan fingerprint density at radius 2 is 2.31 bits per heavy atom. The predicted molar refractivity (Wildman–Crippen MR) is 47.0 cm³/mol. The number of nitriles is 1. The zero-order valence-corrected chi connectivity index (χ0v) is 7.48. The van der Waals surface area contributed by atoms with E-state index in [9.17, 15) is 4.79 Å². The molecule has 0 saturated carbocycles. The SMILES string of the molecule is CN(C)C(=O)c1ccnc(C#N)c1. The molecule has 0 saturated heterocycles. The molecule has 0 spiro atoms. The Labute approximate surface area is 76.4 Å². The number of pyridine rings is 1. The summed E-state index contributed by atoms with van der Waals surface area (Å²) in [6.45, 7) is 0. The standard InChI is InChI=1S/C9H9N3O/c1-12(2)9(13)7-3-4-11-8(5-7)6-10/h3-5H,1-2H3. The van der Waals surface area contributed by atoms with Gasteiger partial charge in [0.25, 0.3) is 5.91 Å². The highest BCUT2D eigenvalue weighted by molar-refractivity contribution is 5.93. The fourth-order valence-electron chi connectivity index (χ4n) is 0.883. The van der Waals surface area contributed by atoms with Gasteiger partial charge in [0.1, 0.15) is 11.8 Å². The summed E-state index contributed by atoms with van der Waals surface area (Å²) in [7, 11) is 3.32. The summed E-state index contributed by atoms with van der Waals surface area (Å²) >= 11 is 0. The topological polar surface area (TPSA) is 57.0 Å². The first kappa shape index (κ1) is 9.20. The highest BCUT2D eigenvalue weighted by atomic mass is 16.2. The number of amides is 1. The average molecular weight is 175 g/mol. The lowest BCUT2D eigenvalue weighted by atomic mass is 10.2. The van der Waals surface area contributed by atoms with Crippen molar-refractivity contribution in [2.45, 2.75) is 0 Å². The van der Waals surface area contributed by atoms with E-state index < -0.39 is 0 Å². The minimum absolute atomic E-state index is 0.126. The van der Waals surface area contributed by atoms with Gasteiger partial charge in [-0.1, -0.05) is 0 Å². The third-order valence-corrected chi connectivity index (χ3v) is 1.53. The predicted octanol–water partition coefficient (Wildman–Crippen LogP) is 0.655. The molecule has 0 aromatic carbocycles. The van der Waals surface area contributed by atoms with Crippen molar-refractivity contribution in [2.75, 3.05) is 14.1 Å². The van der Waals surface area contributed by atoms with Gasteiger partial charge in [0, 0.05) is 25.9 Å². The number of nitrogens with zero attached hydrogens (tertiary/aromatic N) is 3. The Kier molecular flexibility index (Phi) is 2.60. The molecule has 0 aliphatic carbocycles. The van der Waals surface area contributed by atoms with Gasteiger partial charge in [-0.2, -0.15) is 5.26 Å². The van der Waals surface area contributed by atoms with Gasteiger partial charge in [0.15, 0.2) is 0 Å². The molecule has 1 amide bonds. The maximum Gasteiger partial charge on any atom is 0.253 e. The van der Waals surface area contributed by atoms with Crippen molar-refractivity contribution in [1.82, 2.24) is 9.88 Å². The van der Waals surface area contributed by atoms with E-state index in [1.54, 1.807) is 20.2 Å². The third kappa shape index (κ3) is 2.03. The number of carbonyl (C=O) groups excluding carboxylic acids is 1. The smallest absolute Gasteiger partial charge is 0.253 e. The van der Waals surface area contributed by atoms with Crippen LogP contribution in [0, 0.1) is 11.3 Å². The summed E-state index contributed by atoms with van der Waals surface area (Å²) in [6.07, 6.45) is 1.45. The van der Waals surface area contributed by atoms with Gasteiger partial charge >= 0.3 is 0 Å². The largest absolute Gasteiger partial charge is 0.345 e. The first-order valence-electron chi connectivity index (χ1n) is 3.73. The second kappa shape index (κ2) is 3.68. The molecule has 4 heteroatoms.